The highest BCUT2D eigenvalue weighted by Gasteiger charge is 2.21. The summed E-state index contributed by atoms with van der Waals surface area (Å²) in [6.07, 6.45) is 1.95. The Morgan fingerprint density at radius 2 is 1.87 bits per heavy atom. The van der Waals surface area contributed by atoms with Crippen molar-refractivity contribution in [2.24, 2.45) is 0 Å². The number of ether oxygens (including phenoxy) is 1. The van der Waals surface area contributed by atoms with E-state index in [1.807, 2.05) is 24.3 Å². The Bertz CT molecular complexity index is 811. The first-order valence-electron chi connectivity index (χ1n) is 11.0. The zero-order valence-electron chi connectivity index (χ0n) is 18.7. The monoisotopic (exact) mass is 409 g/mol. The van der Waals surface area contributed by atoms with E-state index >= 15 is 0 Å². The lowest BCUT2D eigenvalue weighted by Gasteiger charge is -2.32. The quantitative estimate of drug-likeness (QED) is 0.705. The molecule has 1 N–H and O–H groups in total. The number of amides is 1. The van der Waals surface area contributed by atoms with Crippen LogP contribution in [0.3, 0.4) is 0 Å². The van der Waals surface area contributed by atoms with Crippen LogP contribution in [0.1, 0.15) is 49.5 Å². The first-order valence-corrected chi connectivity index (χ1v) is 11.0. The molecule has 5 nitrogen and oxygen atoms in total. The number of benzene rings is 2. The lowest BCUT2D eigenvalue weighted by molar-refractivity contribution is 0.0909. The first-order chi connectivity index (χ1) is 14.5. The molecular weight excluding hydrogens is 374 g/mol. The lowest BCUT2D eigenvalue weighted by Crippen LogP contribution is -2.44. The van der Waals surface area contributed by atoms with Crippen LogP contribution in [0.4, 0.5) is 5.69 Å². The molecule has 1 aliphatic heterocycles. The topological polar surface area (TPSA) is 44.8 Å². The van der Waals surface area contributed by atoms with E-state index in [0.29, 0.717) is 6.04 Å². The Balaban J connectivity index is 1.49. The van der Waals surface area contributed by atoms with Gasteiger partial charge in [-0.3, -0.25) is 9.69 Å². The van der Waals surface area contributed by atoms with Gasteiger partial charge in [0.15, 0.2) is 0 Å². The summed E-state index contributed by atoms with van der Waals surface area (Å²) in [6.45, 7) is 10.4. The van der Waals surface area contributed by atoms with Gasteiger partial charge in [0.2, 0.25) is 0 Å². The number of nitrogens with one attached hydrogen (secondary N) is 1. The molecule has 162 valence electrons. The van der Waals surface area contributed by atoms with E-state index in [9.17, 15) is 4.79 Å². The number of anilines is 1. The number of nitrogens with zero attached hydrogens (tertiary/aromatic N) is 2. The van der Waals surface area contributed by atoms with Gasteiger partial charge in [-0.15, -0.1) is 0 Å². The van der Waals surface area contributed by atoms with Crippen LogP contribution < -0.4 is 15.0 Å². The summed E-state index contributed by atoms with van der Waals surface area (Å²) < 4.78 is 5.32. The third-order valence-corrected chi connectivity index (χ3v) is 5.89. The van der Waals surface area contributed by atoms with Crippen LogP contribution in [0.5, 0.6) is 5.75 Å². The van der Waals surface area contributed by atoms with Crippen molar-refractivity contribution < 1.29 is 9.53 Å². The number of carbonyl (C=O) groups excluding carboxylic acids is 1. The third kappa shape index (κ3) is 5.76. The Morgan fingerprint density at radius 3 is 2.47 bits per heavy atom. The summed E-state index contributed by atoms with van der Waals surface area (Å²) in [7, 11) is 1.70. The fraction of sp³-hybridized carbons (Fsp3) is 0.480. The molecule has 0 aromatic heterocycles. The zero-order valence-corrected chi connectivity index (χ0v) is 18.7. The zero-order chi connectivity index (χ0) is 21.5. The highest BCUT2D eigenvalue weighted by molar-refractivity contribution is 5.94. The van der Waals surface area contributed by atoms with Crippen molar-refractivity contribution in [2.75, 3.05) is 31.6 Å². The summed E-state index contributed by atoms with van der Waals surface area (Å²) in [6, 6.07) is 16.9. The number of piperidine rings is 1. The molecule has 0 spiro atoms. The molecule has 3 rings (SSSR count). The van der Waals surface area contributed by atoms with E-state index in [0.717, 1.165) is 56.0 Å². The molecule has 0 saturated carbocycles. The average Bonchev–Trinajstić information content (AvgIpc) is 2.76. The second-order valence-electron chi connectivity index (χ2n) is 8.30. The summed E-state index contributed by atoms with van der Waals surface area (Å²) in [5, 5.41) is 3.22. The molecule has 0 aliphatic carbocycles. The fourth-order valence-corrected chi connectivity index (χ4v) is 4.18. The summed E-state index contributed by atoms with van der Waals surface area (Å²) in [5.41, 5.74) is 3.16. The number of carbonyl (C=O) groups is 1. The Labute approximate surface area is 181 Å². The average molecular weight is 410 g/mol. The number of hydrogen-bond acceptors (Lipinski definition) is 4. The largest absolute Gasteiger partial charge is 0.497 e. The molecule has 0 unspecified atom stereocenters. The van der Waals surface area contributed by atoms with Crippen LogP contribution in [0.2, 0.25) is 0 Å². The second kappa shape index (κ2) is 10.5. The van der Waals surface area contributed by atoms with Crippen LogP contribution in [-0.2, 0) is 6.54 Å². The van der Waals surface area contributed by atoms with Crippen molar-refractivity contribution in [3.8, 4) is 5.75 Å². The van der Waals surface area contributed by atoms with Crippen molar-refractivity contribution in [1.29, 1.82) is 0 Å². The molecule has 2 aromatic carbocycles. The molecule has 2 aromatic rings. The standard InChI is InChI=1S/C25H35N3O2/c1-5-28(19(2)3)23-11-9-21(10-12-23)25(29)26-22-13-15-27(16-14-22)18-20-7-6-8-24(17-20)30-4/h6-12,17,19,22H,5,13-16,18H2,1-4H3,(H,26,29). The normalized spacial score (nSPS) is 15.2. The van der Waals surface area contributed by atoms with Gasteiger partial charge in [0.1, 0.15) is 5.75 Å². The van der Waals surface area contributed by atoms with Gasteiger partial charge in [-0.1, -0.05) is 12.1 Å². The predicted molar refractivity (Wildman–Crippen MR) is 123 cm³/mol. The minimum atomic E-state index is 0.0281. The molecule has 0 atom stereocenters. The molecule has 30 heavy (non-hydrogen) atoms. The van der Waals surface area contributed by atoms with Crippen LogP contribution in [0, 0.1) is 0 Å². The predicted octanol–water partition coefficient (Wildman–Crippen LogP) is 4.32. The Hall–Kier alpha value is -2.53. The highest BCUT2D eigenvalue weighted by atomic mass is 16.5. The fourth-order valence-electron chi connectivity index (χ4n) is 4.18. The number of methoxy groups -OCH3 is 1. The van der Waals surface area contributed by atoms with Gasteiger partial charge in [0.05, 0.1) is 7.11 Å². The van der Waals surface area contributed by atoms with Gasteiger partial charge < -0.3 is 15.0 Å². The number of likely N-dealkylation sites (tertiary alicyclic amines) is 1. The maximum absolute atomic E-state index is 12.7. The minimum absolute atomic E-state index is 0.0281. The third-order valence-electron chi connectivity index (χ3n) is 5.89. The maximum atomic E-state index is 12.7. The Morgan fingerprint density at radius 1 is 1.17 bits per heavy atom. The van der Waals surface area contributed by atoms with Gasteiger partial charge in [-0.2, -0.15) is 0 Å². The van der Waals surface area contributed by atoms with E-state index in [4.69, 9.17) is 4.74 Å². The minimum Gasteiger partial charge on any atom is -0.497 e. The van der Waals surface area contributed by atoms with E-state index < -0.39 is 0 Å². The van der Waals surface area contributed by atoms with Gasteiger partial charge >= 0.3 is 0 Å². The van der Waals surface area contributed by atoms with Gasteiger partial charge in [0.25, 0.3) is 5.91 Å². The molecule has 1 aliphatic rings. The van der Waals surface area contributed by atoms with Crippen molar-refractivity contribution in [2.45, 2.75) is 52.2 Å². The molecule has 1 amide bonds. The maximum Gasteiger partial charge on any atom is 0.251 e. The molecule has 1 heterocycles. The number of hydrogen-bond donors (Lipinski definition) is 1. The summed E-state index contributed by atoms with van der Waals surface area (Å²) in [4.78, 5) is 17.4. The van der Waals surface area contributed by atoms with Crippen LogP contribution >= 0.6 is 0 Å². The van der Waals surface area contributed by atoms with Crippen LogP contribution in [0.25, 0.3) is 0 Å². The SMILES string of the molecule is CCN(c1ccc(C(=O)NC2CCN(Cc3cccc(OC)c3)CC2)cc1)C(C)C. The van der Waals surface area contributed by atoms with Gasteiger partial charge in [-0.25, -0.2) is 0 Å². The van der Waals surface area contributed by atoms with Crippen molar-refractivity contribution in [3.05, 3.63) is 59.7 Å². The van der Waals surface area contributed by atoms with Crippen LogP contribution in [0.15, 0.2) is 48.5 Å². The Kier molecular flexibility index (Phi) is 7.75. The van der Waals surface area contributed by atoms with E-state index in [2.05, 4.69) is 60.2 Å². The van der Waals surface area contributed by atoms with Crippen molar-refractivity contribution in [1.82, 2.24) is 10.2 Å². The first kappa shape index (κ1) is 22.2. The van der Waals surface area contributed by atoms with Gasteiger partial charge in [0, 0.05) is 49.5 Å². The van der Waals surface area contributed by atoms with E-state index in [-0.39, 0.29) is 11.9 Å². The summed E-state index contributed by atoms with van der Waals surface area (Å²) in [5.74, 6) is 0.927. The number of rotatable bonds is 8. The van der Waals surface area contributed by atoms with Gasteiger partial charge in [-0.05, 0) is 75.6 Å². The molecule has 1 saturated heterocycles. The van der Waals surface area contributed by atoms with Crippen LogP contribution in [-0.4, -0.2) is 49.6 Å². The van der Waals surface area contributed by atoms with Crippen molar-refractivity contribution >= 4 is 11.6 Å². The van der Waals surface area contributed by atoms with Crippen molar-refractivity contribution in [3.63, 3.8) is 0 Å². The molecule has 5 heteroatoms. The smallest absolute Gasteiger partial charge is 0.251 e. The molecule has 0 radical (unpaired) electrons. The van der Waals surface area contributed by atoms with E-state index in [1.54, 1.807) is 7.11 Å². The second-order valence-corrected chi connectivity index (χ2v) is 8.30. The van der Waals surface area contributed by atoms with E-state index in [1.165, 1.54) is 5.56 Å². The molecule has 0 bridgehead atoms. The summed E-state index contributed by atoms with van der Waals surface area (Å²) >= 11 is 0. The molecule has 1 fully saturated rings. The molecular formula is C25H35N3O2. The lowest BCUT2D eigenvalue weighted by atomic mass is 10.0. The highest BCUT2D eigenvalue weighted by Crippen LogP contribution is 2.20.